The van der Waals surface area contributed by atoms with Crippen molar-refractivity contribution in [2.45, 2.75) is 43.1 Å². The van der Waals surface area contributed by atoms with E-state index in [-0.39, 0.29) is 23.3 Å². The summed E-state index contributed by atoms with van der Waals surface area (Å²) < 4.78 is 37.8. The maximum atomic E-state index is 15.2. The number of hydrogen-bond acceptors (Lipinski definition) is 8. The second-order valence-corrected chi connectivity index (χ2v) is 9.73. The summed E-state index contributed by atoms with van der Waals surface area (Å²) in [6, 6.07) is 8.96. The number of fused-ring (bicyclic) bond motifs is 1. The van der Waals surface area contributed by atoms with Gasteiger partial charge in [-0.1, -0.05) is 36.9 Å². The fourth-order valence-electron chi connectivity index (χ4n) is 3.92. The third-order valence-electron chi connectivity index (χ3n) is 5.80. The summed E-state index contributed by atoms with van der Waals surface area (Å²) in [4.78, 5) is 12.6. The van der Waals surface area contributed by atoms with Gasteiger partial charge in [-0.2, -0.15) is 0 Å². The van der Waals surface area contributed by atoms with Crippen molar-refractivity contribution in [1.82, 2.24) is 15.0 Å². The standard InChI is InChI=1S/C20H14ClF2N5OS.C6H12O/c1-29-19-16(7-12(21)9-25-19)30-28-15-5-3-13(22)17(18(15)23)10-2-4-14-11(6-10)8-26-20(24)27-14;7-6-4-2-1-3-5-6/h2-9,28H,1H3,(H2,24,26,27);6-7H,1-5H2. The number of halogens is 3. The van der Waals surface area contributed by atoms with E-state index in [2.05, 4.69) is 19.7 Å². The summed E-state index contributed by atoms with van der Waals surface area (Å²) in [7, 11) is 1.47. The Hall–Kier alpha value is -3.21. The Kier molecular flexibility index (Phi) is 8.96. The summed E-state index contributed by atoms with van der Waals surface area (Å²) in [5.41, 5.74) is 6.43. The largest absolute Gasteiger partial charge is 0.480 e. The van der Waals surface area contributed by atoms with Crippen molar-refractivity contribution < 1.29 is 18.6 Å². The van der Waals surface area contributed by atoms with Gasteiger partial charge < -0.3 is 20.3 Å². The number of anilines is 2. The Bertz CT molecular complexity index is 1390. The highest BCUT2D eigenvalue weighted by molar-refractivity contribution is 8.00. The van der Waals surface area contributed by atoms with E-state index in [1.165, 1.54) is 50.9 Å². The minimum Gasteiger partial charge on any atom is -0.480 e. The number of hydrogen-bond donors (Lipinski definition) is 3. The average Bonchev–Trinajstić information content (AvgIpc) is 2.89. The molecule has 1 fully saturated rings. The number of aliphatic hydroxyl groups is 1. The van der Waals surface area contributed by atoms with Crippen molar-refractivity contribution in [3.63, 3.8) is 0 Å². The first-order chi connectivity index (χ1) is 17.9. The summed E-state index contributed by atoms with van der Waals surface area (Å²) in [6.45, 7) is 0. The van der Waals surface area contributed by atoms with Gasteiger partial charge in [-0.15, -0.1) is 0 Å². The van der Waals surface area contributed by atoms with Gasteiger partial charge in [-0.25, -0.2) is 23.7 Å². The second kappa shape index (κ2) is 12.4. The molecule has 37 heavy (non-hydrogen) atoms. The Balaban J connectivity index is 0.000000396. The van der Waals surface area contributed by atoms with Gasteiger partial charge in [0, 0.05) is 17.8 Å². The number of benzene rings is 2. The van der Waals surface area contributed by atoms with Crippen molar-refractivity contribution in [3.05, 3.63) is 65.4 Å². The molecule has 0 spiro atoms. The molecule has 0 unspecified atom stereocenters. The van der Waals surface area contributed by atoms with E-state index in [1.807, 2.05) is 0 Å². The first kappa shape index (κ1) is 26.8. The maximum Gasteiger partial charge on any atom is 0.228 e. The molecule has 11 heteroatoms. The number of nitrogens with one attached hydrogen (secondary N) is 1. The van der Waals surface area contributed by atoms with Gasteiger partial charge in [-0.05, 0) is 60.7 Å². The maximum absolute atomic E-state index is 15.2. The molecule has 5 rings (SSSR count). The zero-order valence-electron chi connectivity index (χ0n) is 20.0. The number of nitrogens with two attached hydrogens (primary N) is 1. The van der Waals surface area contributed by atoms with Crippen LogP contribution in [0.15, 0.2) is 53.7 Å². The van der Waals surface area contributed by atoms with Crippen LogP contribution in [0.4, 0.5) is 20.4 Å². The number of rotatable bonds is 5. The van der Waals surface area contributed by atoms with Crippen molar-refractivity contribution in [1.29, 1.82) is 0 Å². The third kappa shape index (κ3) is 6.76. The summed E-state index contributed by atoms with van der Waals surface area (Å²) in [5, 5.41) is 9.93. The summed E-state index contributed by atoms with van der Waals surface area (Å²) >= 11 is 7.02. The lowest BCUT2D eigenvalue weighted by Crippen LogP contribution is -2.09. The molecule has 0 aliphatic heterocycles. The van der Waals surface area contributed by atoms with Crippen LogP contribution in [-0.2, 0) is 0 Å². The van der Waals surface area contributed by atoms with Crippen LogP contribution in [0.2, 0.25) is 5.02 Å². The lowest BCUT2D eigenvalue weighted by atomic mass is 9.98. The first-order valence-corrected chi connectivity index (χ1v) is 12.9. The van der Waals surface area contributed by atoms with Crippen LogP contribution in [0, 0.1) is 11.6 Å². The summed E-state index contributed by atoms with van der Waals surface area (Å²) in [6.07, 6.45) is 8.87. The molecule has 4 aromatic rings. The molecule has 1 aliphatic carbocycles. The number of nitrogen functional groups attached to an aromatic ring is 1. The monoisotopic (exact) mass is 545 g/mol. The molecule has 0 atom stereocenters. The predicted molar refractivity (Wildman–Crippen MR) is 144 cm³/mol. The number of nitrogens with zero attached hydrogens (tertiary/aromatic N) is 3. The van der Waals surface area contributed by atoms with Crippen LogP contribution in [0.5, 0.6) is 5.88 Å². The van der Waals surface area contributed by atoms with E-state index < -0.39 is 11.6 Å². The molecule has 4 N–H and O–H groups in total. The Labute approximate surface area is 222 Å². The minimum atomic E-state index is -0.743. The van der Waals surface area contributed by atoms with E-state index in [0.717, 1.165) is 24.8 Å². The molecule has 2 heterocycles. The number of methoxy groups -OCH3 is 1. The molecule has 1 saturated carbocycles. The average molecular weight is 546 g/mol. The Morgan fingerprint density at radius 2 is 1.86 bits per heavy atom. The van der Waals surface area contributed by atoms with Crippen LogP contribution in [0.25, 0.3) is 22.0 Å². The van der Waals surface area contributed by atoms with Gasteiger partial charge in [0.1, 0.15) is 5.82 Å². The number of aliphatic hydroxyl groups excluding tert-OH is 1. The SMILES string of the molecule is COc1ncc(Cl)cc1SNc1ccc(F)c(-c2ccc3nc(N)ncc3c2)c1F.OC1CCCCC1. The van der Waals surface area contributed by atoms with Gasteiger partial charge in [0.05, 0.1) is 39.9 Å². The molecule has 0 bridgehead atoms. The molecule has 2 aromatic carbocycles. The molecule has 7 nitrogen and oxygen atoms in total. The molecule has 1 aliphatic rings. The van der Waals surface area contributed by atoms with Crippen molar-refractivity contribution in [2.75, 3.05) is 17.6 Å². The zero-order chi connectivity index (χ0) is 26.4. The molecular formula is C26H26ClF2N5O2S. The van der Waals surface area contributed by atoms with Crippen LogP contribution >= 0.6 is 23.5 Å². The molecule has 0 saturated heterocycles. The number of pyridine rings is 1. The highest BCUT2D eigenvalue weighted by atomic mass is 35.5. The van der Waals surface area contributed by atoms with Crippen LogP contribution in [0.1, 0.15) is 32.1 Å². The molecule has 0 radical (unpaired) electrons. The predicted octanol–water partition coefficient (Wildman–Crippen LogP) is 6.64. The van der Waals surface area contributed by atoms with E-state index in [0.29, 0.717) is 32.3 Å². The fourth-order valence-corrected chi connectivity index (χ4v) is 4.93. The highest BCUT2D eigenvalue weighted by Crippen LogP contribution is 2.36. The quantitative estimate of drug-likeness (QED) is 0.239. The number of aromatic nitrogens is 3. The van der Waals surface area contributed by atoms with Crippen molar-refractivity contribution >= 4 is 46.1 Å². The summed E-state index contributed by atoms with van der Waals surface area (Å²) in [5.74, 6) is -0.983. The van der Waals surface area contributed by atoms with Gasteiger partial charge in [0.2, 0.25) is 11.8 Å². The van der Waals surface area contributed by atoms with E-state index >= 15 is 4.39 Å². The molecule has 194 valence electrons. The van der Waals surface area contributed by atoms with Crippen molar-refractivity contribution in [3.8, 4) is 17.0 Å². The molecule has 0 amide bonds. The van der Waals surface area contributed by atoms with Gasteiger partial charge in [-0.3, -0.25) is 0 Å². The topological polar surface area (TPSA) is 106 Å². The van der Waals surface area contributed by atoms with Crippen molar-refractivity contribution in [2.24, 2.45) is 0 Å². The molecule has 2 aromatic heterocycles. The van der Waals surface area contributed by atoms with Crippen LogP contribution in [-0.4, -0.2) is 33.3 Å². The van der Waals surface area contributed by atoms with E-state index in [4.69, 9.17) is 27.2 Å². The van der Waals surface area contributed by atoms with Crippen LogP contribution in [0.3, 0.4) is 0 Å². The first-order valence-electron chi connectivity index (χ1n) is 11.7. The van der Waals surface area contributed by atoms with Gasteiger partial charge in [0.15, 0.2) is 5.82 Å². The minimum absolute atomic E-state index is 0.0359. The smallest absolute Gasteiger partial charge is 0.228 e. The highest BCUT2D eigenvalue weighted by Gasteiger charge is 2.17. The Morgan fingerprint density at radius 3 is 2.57 bits per heavy atom. The zero-order valence-corrected chi connectivity index (χ0v) is 21.6. The van der Waals surface area contributed by atoms with Gasteiger partial charge >= 0.3 is 0 Å². The normalized spacial score (nSPS) is 13.6. The molecular weight excluding hydrogens is 520 g/mol. The lowest BCUT2D eigenvalue weighted by molar-refractivity contribution is 0.130. The van der Waals surface area contributed by atoms with Crippen LogP contribution < -0.4 is 15.2 Å². The second-order valence-electron chi connectivity index (χ2n) is 8.44. The lowest BCUT2D eigenvalue weighted by Gasteiger charge is -2.14. The number of ether oxygens (including phenoxy) is 1. The van der Waals surface area contributed by atoms with Gasteiger partial charge in [0.25, 0.3) is 0 Å². The van der Waals surface area contributed by atoms with E-state index in [9.17, 15) is 4.39 Å². The van der Waals surface area contributed by atoms with E-state index in [1.54, 1.807) is 24.3 Å². The third-order valence-corrected chi connectivity index (χ3v) is 6.84. The fraction of sp³-hybridized carbons (Fsp3) is 0.269. The Morgan fingerprint density at radius 1 is 1.08 bits per heavy atom.